The molecule has 2 heterocycles. The molecule has 0 amide bonds. The molecule has 0 radical (unpaired) electrons. The van der Waals surface area contributed by atoms with Crippen LogP contribution in [0.1, 0.15) is 43.0 Å². The first-order valence-corrected chi connectivity index (χ1v) is 7.54. The summed E-state index contributed by atoms with van der Waals surface area (Å²) in [5.41, 5.74) is 1.20. The van der Waals surface area contributed by atoms with Crippen molar-refractivity contribution in [3.63, 3.8) is 0 Å². The molecule has 0 bridgehead atoms. The van der Waals surface area contributed by atoms with Crippen molar-refractivity contribution >= 4 is 0 Å². The lowest BCUT2D eigenvalue weighted by Crippen LogP contribution is -2.20. The Bertz CT molecular complexity index is 581. The van der Waals surface area contributed by atoms with Gasteiger partial charge in [-0.1, -0.05) is 24.2 Å². The van der Waals surface area contributed by atoms with Crippen LogP contribution >= 0.6 is 0 Å². The fourth-order valence-corrected chi connectivity index (χ4v) is 2.85. The van der Waals surface area contributed by atoms with Crippen LogP contribution in [0.4, 0.5) is 4.39 Å². The van der Waals surface area contributed by atoms with Crippen molar-refractivity contribution in [1.82, 2.24) is 15.0 Å². The third-order valence-electron chi connectivity index (χ3n) is 3.96. The molecule has 0 spiro atoms. The summed E-state index contributed by atoms with van der Waals surface area (Å²) in [5.74, 6) is 1.77. The summed E-state index contributed by atoms with van der Waals surface area (Å²) in [6.45, 7) is 4.77. The van der Waals surface area contributed by atoms with Crippen molar-refractivity contribution in [2.75, 3.05) is 13.1 Å². The number of nitrogens with zero attached hydrogens (tertiary/aromatic N) is 3. The van der Waals surface area contributed by atoms with E-state index >= 15 is 0 Å². The van der Waals surface area contributed by atoms with E-state index in [0.29, 0.717) is 18.4 Å². The number of aryl methyl sites for hydroxylation is 1. The van der Waals surface area contributed by atoms with Crippen LogP contribution in [-0.4, -0.2) is 28.1 Å². The first-order chi connectivity index (χ1) is 10.2. The number of rotatable bonds is 5. The number of aromatic nitrogens is 2. The number of hydrogen-bond donors (Lipinski definition) is 0. The lowest BCUT2D eigenvalue weighted by molar-refractivity contribution is 0.265. The fraction of sp³-hybridized carbons (Fsp3) is 0.500. The molecule has 2 aromatic rings. The molecule has 5 heteroatoms. The molecule has 1 aliphatic heterocycles. The number of halogens is 1. The molecule has 112 valence electrons. The predicted molar refractivity (Wildman–Crippen MR) is 77.3 cm³/mol. The molecule has 0 aliphatic carbocycles. The highest BCUT2D eigenvalue weighted by atomic mass is 19.1. The summed E-state index contributed by atoms with van der Waals surface area (Å²) in [7, 11) is 0. The summed E-state index contributed by atoms with van der Waals surface area (Å²) in [4.78, 5) is 6.72. The van der Waals surface area contributed by atoms with Gasteiger partial charge in [-0.05, 0) is 43.0 Å². The van der Waals surface area contributed by atoms with E-state index in [1.807, 2.05) is 12.1 Å². The smallest absolute Gasteiger partial charge is 0.240 e. The molecular weight excluding hydrogens is 269 g/mol. The fourth-order valence-electron chi connectivity index (χ4n) is 2.85. The summed E-state index contributed by atoms with van der Waals surface area (Å²) < 4.78 is 18.2. The second kappa shape index (κ2) is 6.35. The Morgan fingerprint density at radius 1 is 1.33 bits per heavy atom. The third-order valence-corrected chi connectivity index (χ3v) is 3.96. The van der Waals surface area contributed by atoms with Crippen LogP contribution in [0.5, 0.6) is 0 Å². The van der Waals surface area contributed by atoms with E-state index in [0.717, 1.165) is 38.2 Å². The highest BCUT2D eigenvalue weighted by molar-refractivity contribution is 5.21. The van der Waals surface area contributed by atoms with Crippen LogP contribution in [0.15, 0.2) is 28.8 Å². The third kappa shape index (κ3) is 3.47. The van der Waals surface area contributed by atoms with Gasteiger partial charge in [0.05, 0.1) is 6.54 Å². The lowest BCUT2D eigenvalue weighted by atomic mass is 9.99. The van der Waals surface area contributed by atoms with E-state index in [9.17, 15) is 4.39 Å². The zero-order valence-electron chi connectivity index (χ0n) is 12.3. The largest absolute Gasteiger partial charge is 0.338 e. The molecule has 1 unspecified atom stereocenters. The van der Waals surface area contributed by atoms with Crippen LogP contribution in [0, 0.1) is 5.82 Å². The van der Waals surface area contributed by atoms with Crippen LogP contribution < -0.4 is 0 Å². The summed E-state index contributed by atoms with van der Waals surface area (Å²) in [6, 6.07) is 6.84. The topological polar surface area (TPSA) is 42.2 Å². The monoisotopic (exact) mass is 289 g/mol. The Labute approximate surface area is 124 Å². The molecule has 21 heavy (non-hydrogen) atoms. The Morgan fingerprint density at radius 3 is 2.90 bits per heavy atom. The molecule has 1 saturated heterocycles. The molecule has 0 N–H and O–H groups in total. The van der Waals surface area contributed by atoms with Gasteiger partial charge in [0.1, 0.15) is 5.82 Å². The average Bonchev–Trinajstić information content (AvgIpc) is 3.11. The minimum atomic E-state index is -0.178. The van der Waals surface area contributed by atoms with Gasteiger partial charge in [-0.25, -0.2) is 4.39 Å². The maximum Gasteiger partial charge on any atom is 0.240 e. The van der Waals surface area contributed by atoms with Crippen molar-refractivity contribution < 1.29 is 8.91 Å². The number of hydrogen-bond acceptors (Lipinski definition) is 4. The van der Waals surface area contributed by atoms with Gasteiger partial charge in [0.2, 0.25) is 5.89 Å². The van der Waals surface area contributed by atoms with E-state index in [2.05, 4.69) is 22.0 Å². The zero-order chi connectivity index (χ0) is 14.7. The maximum absolute atomic E-state index is 13.0. The second-order valence-electron chi connectivity index (χ2n) is 5.63. The van der Waals surface area contributed by atoms with Gasteiger partial charge >= 0.3 is 0 Å². The normalized spacial score (nSPS) is 19.2. The highest BCUT2D eigenvalue weighted by Crippen LogP contribution is 2.28. The standard InChI is InChI=1S/C16H20FN3O/c1-2-3-15-18-16(21-19-15)11-20-9-8-13(10-20)12-4-6-14(17)7-5-12/h4-7,13H,2-3,8-11H2,1H3. The first kappa shape index (κ1) is 14.2. The number of benzene rings is 1. The molecule has 1 aliphatic rings. The van der Waals surface area contributed by atoms with Gasteiger partial charge < -0.3 is 4.52 Å². The minimum Gasteiger partial charge on any atom is -0.338 e. The van der Waals surface area contributed by atoms with Crippen molar-refractivity contribution in [2.45, 2.75) is 38.6 Å². The highest BCUT2D eigenvalue weighted by Gasteiger charge is 2.25. The van der Waals surface area contributed by atoms with Gasteiger partial charge in [-0.2, -0.15) is 4.98 Å². The van der Waals surface area contributed by atoms with Crippen molar-refractivity contribution in [3.05, 3.63) is 47.4 Å². The number of likely N-dealkylation sites (tertiary alicyclic amines) is 1. The zero-order valence-corrected chi connectivity index (χ0v) is 12.3. The van der Waals surface area contributed by atoms with Crippen LogP contribution in [0.2, 0.25) is 0 Å². The molecule has 1 aromatic carbocycles. The van der Waals surface area contributed by atoms with Crippen LogP contribution in [-0.2, 0) is 13.0 Å². The first-order valence-electron chi connectivity index (χ1n) is 7.54. The summed E-state index contributed by atoms with van der Waals surface area (Å²) in [6.07, 6.45) is 2.97. The minimum absolute atomic E-state index is 0.178. The van der Waals surface area contributed by atoms with Gasteiger partial charge in [0.25, 0.3) is 0 Å². The summed E-state index contributed by atoms with van der Waals surface area (Å²) >= 11 is 0. The predicted octanol–water partition coefficient (Wildman–Crippen LogP) is 3.15. The van der Waals surface area contributed by atoms with Crippen LogP contribution in [0.3, 0.4) is 0 Å². The van der Waals surface area contributed by atoms with Gasteiger partial charge in [0, 0.05) is 13.0 Å². The van der Waals surface area contributed by atoms with E-state index in [1.54, 1.807) is 0 Å². The average molecular weight is 289 g/mol. The van der Waals surface area contributed by atoms with Gasteiger partial charge in [-0.3, -0.25) is 4.90 Å². The van der Waals surface area contributed by atoms with E-state index in [-0.39, 0.29) is 5.82 Å². The Hall–Kier alpha value is -1.75. The molecule has 4 nitrogen and oxygen atoms in total. The molecule has 0 saturated carbocycles. The van der Waals surface area contributed by atoms with Crippen molar-refractivity contribution in [2.24, 2.45) is 0 Å². The van der Waals surface area contributed by atoms with Crippen LogP contribution in [0.25, 0.3) is 0 Å². The molecule has 1 atom stereocenters. The van der Waals surface area contributed by atoms with E-state index < -0.39 is 0 Å². The lowest BCUT2D eigenvalue weighted by Gasteiger charge is -2.13. The van der Waals surface area contributed by atoms with E-state index in [4.69, 9.17) is 4.52 Å². The van der Waals surface area contributed by atoms with Crippen molar-refractivity contribution in [3.8, 4) is 0 Å². The Kier molecular flexibility index (Phi) is 4.29. The van der Waals surface area contributed by atoms with Gasteiger partial charge in [0.15, 0.2) is 5.82 Å². The summed E-state index contributed by atoms with van der Waals surface area (Å²) in [5, 5.41) is 3.98. The van der Waals surface area contributed by atoms with Gasteiger partial charge in [-0.15, -0.1) is 0 Å². The Balaban J connectivity index is 1.57. The second-order valence-corrected chi connectivity index (χ2v) is 5.63. The van der Waals surface area contributed by atoms with E-state index in [1.165, 1.54) is 17.7 Å². The Morgan fingerprint density at radius 2 is 2.14 bits per heavy atom. The quantitative estimate of drug-likeness (QED) is 0.848. The van der Waals surface area contributed by atoms with Crippen molar-refractivity contribution in [1.29, 1.82) is 0 Å². The molecule has 3 rings (SSSR count). The molecule has 1 aromatic heterocycles. The molecule has 1 fully saturated rings. The molecular formula is C16H20FN3O. The maximum atomic E-state index is 13.0. The SMILES string of the molecule is CCCc1noc(CN2CCC(c3ccc(F)cc3)C2)n1.